The molecule has 5 nitrogen and oxygen atoms in total. The average molecular weight is 318 g/mol. The van der Waals surface area contributed by atoms with Crippen molar-refractivity contribution in [3.63, 3.8) is 0 Å². The fraction of sp³-hybridized carbons (Fsp3) is 0.778. The molecular weight excluding hydrogens is 288 g/mol. The van der Waals surface area contributed by atoms with E-state index in [2.05, 4.69) is 22.3 Å². The molecule has 1 aliphatic carbocycles. The molecule has 2 aliphatic rings. The highest BCUT2D eigenvalue weighted by Crippen LogP contribution is 2.47. The zero-order valence-corrected chi connectivity index (χ0v) is 14.8. The third-order valence-corrected chi connectivity index (χ3v) is 5.51. The molecule has 5 heteroatoms. The number of hydrogen-bond acceptors (Lipinski definition) is 3. The summed E-state index contributed by atoms with van der Waals surface area (Å²) < 4.78 is 5.23. The van der Waals surface area contributed by atoms with Crippen molar-refractivity contribution in [2.24, 2.45) is 10.4 Å². The standard InChI is InChI=1S/C18H30N4O/c1-4-19-17(22-12-10-18(13-22)8-6-9-18)20-11-5-7-16-14(2)21-23-15(16)3/h4-13H2,1-3H3,(H,19,20). The number of likely N-dealkylation sites (tertiary alicyclic amines) is 1. The summed E-state index contributed by atoms with van der Waals surface area (Å²) in [6.07, 6.45) is 7.62. The van der Waals surface area contributed by atoms with Gasteiger partial charge in [0.15, 0.2) is 5.96 Å². The molecule has 2 heterocycles. The molecule has 1 aromatic rings. The first-order chi connectivity index (χ1) is 11.1. The first-order valence-corrected chi connectivity index (χ1v) is 9.08. The third-order valence-electron chi connectivity index (χ3n) is 5.51. The van der Waals surface area contributed by atoms with Crippen LogP contribution < -0.4 is 5.32 Å². The molecule has 1 N–H and O–H groups in total. The summed E-state index contributed by atoms with van der Waals surface area (Å²) in [5.41, 5.74) is 2.89. The molecule has 0 atom stereocenters. The molecule has 0 amide bonds. The van der Waals surface area contributed by atoms with Crippen molar-refractivity contribution in [2.75, 3.05) is 26.2 Å². The predicted molar refractivity (Wildman–Crippen MR) is 92.8 cm³/mol. The second-order valence-electron chi connectivity index (χ2n) is 7.17. The lowest BCUT2D eigenvalue weighted by atomic mass is 9.68. The number of rotatable bonds is 5. The van der Waals surface area contributed by atoms with Gasteiger partial charge in [-0.3, -0.25) is 4.99 Å². The fourth-order valence-corrected chi connectivity index (χ4v) is 3.93. The summed E-state index contributed by atoms with van der Waals surface area (Å²) in [5.74, 6) is 2.06. The van der Waals surface area contributed by atoms with Crippen LogP contribution in [0.15, 0.2) is 9.52 Å². The normalized spacial score (nSPS) is 20.1. The van der Waals surface area contributed by atoms with Crippen LogP contribution in [0.1, 0.15) is 56.0 Å². The molecule has 1 aliphatic heterocycles. The van der Waals surface area contributed by atoms with Gasteiger partial charge in [-0.25, -0.2) is 0 Å². The second kappa shape index (κ2) is 6.93. The Morgan fingerprint density at radius 2 is 2.17 bits per heavy atom. The van der Waals surface area contributed by atoms with Gasteiger partial charge in [-0.15, -0.1) is 0 Å². The summed E-state index contributed by atoms with van der Waals surface area (Å²) in [4.78, 5) is 7.33. The van der Waals surface area contributed by atoms with Crippen molar-refractivity contribution in [1.29, 1.82) is 0 Å². The van der Waals surface area contributed by atoms with Crippen LogP contribution in [-0.2, 0) is 6.42 Å². The first-order valence-electron chi connectivity index (χ1n) is 9.08. The number of guanidine groups is 1. The summed E-state index contributed by atoms with van der Waals surface area (Å²) in [7, 11) is 0. The van der Waals surface area contributed by atoms with Gasteiger partial charge in [-0.1, -0.05) is 11.6 Å². The monoisotopic (exact) mass is 318 g/mol. The third kappa shape index (κ3) is 3.54. The maximum atomic E-state index is 5.23. The van der Waals surface area contributed by atoms with E-state index in [4.69, 9.17) is 9.52 Å². The molecule has 1 spiro atoms. The summed E-state index contributed by atoms with van der Waals surface area (Å²) in [6.45, 7) is 10.3. The summed E-state index contributed by atoms with van der Waals surface area (Å²) in [6, 6.07) is 0. The van der Waals surface area contributed by atoms with Crippen molar-refractivity contribution in [3.05, 3.63) is 17.0 Å². The number of aliphatic imine (C=N–C) groups is 1. The van der Waals surface area contributed by atoms with Crippen LogP contribution in [-0.4, -0.2) is 42.2 Å². The van der Waals surface area contributed by atoms with Gasteiger partial charge < -0.3 is 14.7 Å². The van der Waals surface area contributed by atoms with E-state index in [0.29, 0.717) is 5.41 Å². The Balaban J connectivity index is 1.53. The minimum Gasteiger partial charge on any atom is -0.361 e. The van der Waals surface area contributed by atoms with Crippen molar-refractivity contribution in [2.45, 2.75) is 59.3 Å². The number of aryl methyl sites for hydroxylation is 2. The van der Waals surface area contributed by atoms with E-state index in [9.17, 15) is 0 Å². The molecule has 128 valence electrons. The van der Waals surface area contributed by atoms with E-state index in [1.165, 1.54) is 37.8 Å². The lowest BCUT2D eigenvalue weighted by molar-refractivity contribution is 0.151. The van der Waals surface area contributed by atoms with Gasteiger partial charge in [-0.2, -0.15) is 0 Å². The van der Waals surface area contributed by atoms with Crippen LogP contribution in [0.5, 0.6) is 0 Å². The maximum Gasteiger partial charge on any atom is 0.193 e. The number of nitrogens with one attached hydrogen (secondary N) is 1. The zero-order valence-electron chi connectivity index (χ0n) is 14.8. The van der Waals surface area contributed by atoms with Crippen LogP contribution >= 0.6 is 0 Å². The van der Waals surface area contributed by atoms with E-state index in [1.54, 1.807) is 0 Å². The molecule has 1 aromatic heterocycles. The van der Waals surface area contributed by atoms with E-state index in [0.717, 1.165) is 49.9 Å². The van der Waals surface area contributed by atoms with Gasteiger partial charge in [0.1, 0.15) is 5.76 Å². The number of aromatic nitrogens is 1. The van der Waals surface area contributed by atoms with E-state index < -0.39 is 0 Å². The second-order valence-corrected chi connectivity index (χ2v) is 7.17. The van der Waals surface area contributed by atoms with Gasteiger partial charge >= 0.3 is 0 Å². The lowest BCUT2D eigenvalue weighted by Crippen LogP contribution is -2.42. The van der Waals surface area contributed by atoms with E-state index in [1.807, 2.05) is 13.8 Å². The molecular formula is C18H30N4O. The predicted octanol–water partition coefficient (Wildman–Crippen LogP) is 3.07. The molecule has 2 fully saturated rings. The highest BCUT2D eigenvalue weighted by molar-refractivity contribution is 5.80. The molecule has 0 radical (unpaired) electrons. The Morgan fingerprint density at radius 3 is 2.74 bits per heavy atom. The van der Waals surface area contributed by atoms with Crippen molar-refractivity contribution in [3.8, 4) is 0 Å². The molecule has 1 saturated heterocycles. The largest absolute Gasteiger partial charge is 0.361 e. The first kappa shape index (κ1) is 16.3. The molecule has 23 heavy (non-hydrogen) atoms. The fourth-order valence-electron chi connectivity index (χ4n) is 3.93. The Hall–Kier alpha value is -1.52. The van der Waals surface area contributed by atoms with E-state index >= 15 is 0 Å². The lowest BCUT2D eigenvalue weighted by Gasteiger charge is -2.38. The zero-order chi connectivity index (χ0) is 16.3. The quantitative estimate of drug-likeness (QED) is 0.515. The molecule has 0 aromatic carbocycles. The van der Waals surface area contributed by atoms with Crippen LogP contribution in [0.3, 0.4) is 0 Å². The Bertz CT molecular complexity index is 540. The van der Waals surface area contributed by atoms with Crippen LogP contribution in [0.4, 0.5) is 0 Å². The summed E-state index contributed by atoms with van der Waals surface area (Å²) >= 11 is 0. The van der Waals surface area contributed by atoms with E-state index in [-0.39, 0.29) is 0 Å². The van der Waals surface area contributed by atoms with Gasteiger partial charge in [-0.05, 0) is 58.3 Å². The van der Waals surface area contributed by atoms with Crippen molar-refractivity contribution < 1.29 is 4.52 Å². The highest BCUT2D eigenvalue weighted by atomic mass is 16.5. The topological polar surface area (TPSA) is 53.7 Å². The van der Waals surface area contributed by atoms with Crippen molar-refractivity contribution in [1.82, 2.24) is 15.4 Å². The average Bonchev–Trinajstić information content (AvgIpc) is 3.08. The molecule has 0 bridgehead atoms. The highest BCUT2D eigenvalue weighted by Gasteiger charge is 2.43. The molecule has 1 saturated carbocycles. The number of hydrogen-bond donors (Lipinski definition) is 1. The SMILES string of the molecule is CCNC(=NCCCc1c(C)noc1C)N1CCC2(CCC2)C1. The smallest absolute Gasteiger partial charge is 0.193 e. The number of nitrogens with zero attached hydrogens (tertiary/aromatic N) is 3. The van der Waals surface area contributed by atoms with Crippen LogP contribution in [0.2, 0.25) is 0 Å². The minimum absolute atomic E-state index is 0.618. The van der Waals surface area contributed by atoms with Crippen molar-refractivity contribution >= 4 is 5.96 Å². The molecule has 3 rings (SSSR count). The Kier molecular flexibility index (Phi) is 4.93. The summed E-state index contributed by atoms with van der Waals surface area (Å²) in [5, 5.41) is 7.49. The maximum absolute atomic E-state index is 5.23. The minimum atomic E-state index is 0.618. The van der Waals surface area contributed by atoms with Gasteiger partial charge in [0, 0.05) is 31.7 Å². The molecule has 0 unspecified atom stereocenters. The Morgan fingerprint density at radius 1 is 1.35 bits per heavy atom. The van der Waals surface area contributed by atoms with Gasteiger partial charge in [0.05, 0.1) is 5.69 Å². The van der Waals surface area contributed by atoms with Crippen LogP contribution in [0, 0.1) is 19.3 Å². The van der Waals surface area contributed by atoms with Gasteiger partial charge in [0.2, 0.25) is 0 Å². The Labute approximate surface area is 139 Å². The van der Waals surface area contributed by atoms with Gasteiger partial charge in [0.25, 0.3) is 0 Å². The van der Waals surface area contributed by atoms with Crippen LogP contribution in [0.25, 0.3) is 0 Å².